The molecule has 1 atom stereocenters. The van der Waals surface area contributed by atoms with Crippen LogP contribution in [-0.2, 0) is 16.0 Å². The Kier molecular flexibility index (Phi) is 5.91. The standard InChI is InChI=1S/C24H32N2O2S/c1-23(2,3)22(28)26(24(4,5)6)16-20(27)25-14-12-19-18(13-15-29-19)21(25)17-10-8-7-9-11-17/h7-11,13,15,21H,12,14,16H2,1-6H3. The molecule has 1 aliphatic rings. The third-order valence-corrected chi connectivity index (χ3v) is 6.39. The predicted molar refractivity (Wildman–Crippen MR) is 119 cm³/mol. The van der Waals surface area contributed by atoms with Gasteiger partial charge in [0.05, 0.1) is 6.04 Å². The summed E-state index contributed by atoms with van der Waals surface area (Å²) in [5, 5.41) is 2.11. The smallest absolute Gasteiger partial charge is 0.243 e. The lowest BCUT2D eigenvalue weighted by atomic mass is 9.91. The summed E-state index contributed by atoms with van der Waals surface area (Å²) in [6.45, 7) is 12.5. The normalized spacial score (nSPS) is 17.0. The Balaban J connectivity index is 1.93. The molecule has 2 aromatic rings. The van der Waals surface area contributed by atoms with Crippen LogP contribution in [0.4, 0.5) is 0 Å². The Morgan fingerprint density at radius 3 is 2.31 bits per heavy atom. The lowest BCUT2D eigenvalue weighted by molar-refractivity contribution is -0.151. The second kappa shape index (κ2) is 7.94. The lowest BCUT2D eigenvalue weighted by Crippen LogP contribution is -2.55. The maximum absolute atomic E-state index is 13.5. The van der Waals surface area contributed by atoms with Gasteiger partial charge in [0.2, 0.25) is 11.8 Å². The molecule has 3 rings (SSSR count). The van der Waals surface area contributed by atoms with Crippen LogP contribution in [0.15, 0.2) is 41.8 Å². The Labute approximate surface area is 178 Å². The molecule has 0 saturated heterocycles. The van der Waals surface area contributed by atoms with Crippen molar-refractivity contribution >= 4 is 23.2 Å². The van der Waals surface area contributed by atoms with E-state index >= 15 is 0 Å². The monoisotopic (exact) mass is 412 g/mol. The maximum Gasteiger partial charge on any atom is 0.243 e. The van der Waals surface area contributed by atoms with Crippen LogP contribution in [0.1, 0.15) is 63.6 Å². The molecule has 29 heavy (non-hydrogen) atoms. The fourth-order valence-corrected chi connectivity index (χ4v) is 4.73. The SMILES string of the molecule is CC(C)(C)C(=O)N(CC(=O)N1CCc2sccc2C1c1ccccc1)C(C)(C)C. The first kappa shape index (κ1) is 21.6. The van der Waals surface area contributed by atoms with Gasteiger partial charge in [0.1, 0.15) is 6.54 Å². The minimum atomic E-state index is -0.533. The topological polar surface area (TPSA) is 40.6 Å². The van der Waals surface area contributed by atoms with Crippen molar-refractivity contribution in [3.8, 4) is 0 Å². The number of rotatable bonds is 3. The summed E-state index contributed by atoms with van der Waals surface area (Å²) in [5.74, 6) is 0.00562. The molecular formula is C24H32N2O2S. The van der Waals surface area contributed by atoms with Crippen molar-refractivity contribution in [3.63, 3.8) is 0 Å². The summed E-state index contributed by atoms with van der Waals surface area (Å²) >= 11 is 1.76. The van der Waals surface area contributed by atoms with Crippen LogP contribution >= 0.6 is 11.3 Å². The van der Waals surface area contributed by atoms with Crippen LogP contribution in [0.2, 0.25) is 0 Å². The number of benzene rings is 1. The third-order valence-electron chi connectivity index (χ3n) is 5.39. The van der Waals surface area contributed by atoms with E-state index in [0.29, 0.717) is 6.54 Å². The average molecular weight is 413 g/mol. The van der Waals surface area contributed by atoms with Gasteiger partial charge in [-0.2, -0.15) is 0 Å². The van der Waals surface area contributed by atoms with E-state index in [9.17, 15) is 9.59 Å². The molecule has 1 aromatic carbocycles. The Hall–Kier alpha value is -2.14. The number of nitrogens with zero attached hydrogens (tertiary/aromatic N) is 2. The second-order valence-electron chi connectivity index (χ2n) is 9.76. The Morgan fingerprint density at radius 1 is 1.07 bits per heavy atom. The average Bonchev–Trinajstić information content (AvgIpc) is 3.12. The van der Waals surface area contributed by atoms with E-state index in [2.05, 4.69) is 23.6 Å². The minimum Gasteiger partial charge on any atom is -0.330 e. The zero-order valence-corrected chi connectivity index (χ0v) is 19.2. The van der Waals surface area contributed by atoms with Crippen molar-refractivity contribution in [2.75, 3.05) is 13.1 Å². The molecular weight excluding hydrogens is 380 g/mol. The van der Waals surface area contributed by atoms with Crippen LogP contribution < -0.4 is 0 Å². The highest BCUT2D eigenvalue weighted by atomic mass is 32.1. The van der Waals surface area contributed by atoms with Gasteiger partial charge in [-0.3, -0.25) is 9.59 Å². The van der Waals surface area contributed by atoms with Crippen molar-refractivity contribution < 1.29 is 9.59 Å². The molecule has 1 aliphatic heterocycles. The van der Waals surface area contributed by atoms with Gasteiger partial charge < -0.3 is 9.80 Å². The largest absolute Gasteiger partial charge is 0.330 e. The summed E-state index contributed by atoms with van der Waals surface area (Å²) in [6.07, 6.45) is 0.866. The van der Waals surface area contributed by atoms with Crippen molar-refractivity contribution in [1.82, 2.24) is 9.80 Å². The fraction of sp³-hybridized carbons (Fsp3) is 0.500. The molecule has 0 bridgehead atoms. The quantitative estimate of drug-likeness (QED) is 0.720. The summed E-state index contributed by atoms with van der Waals surface area (Å²) in [5.41, 5.74) is 1.37. The van der Waals surface area contributed by atoms with Crippen LogP contribution in [0, 0.1) is 5.41 Å². The van der Waals surface area contributed by atoms with E-state index in [0.717, 1.165) is 12.0 Å². The van der Waals surface area contributed by atoms with Gasteiger partial charge in [0.15, 0.2) is 0 Å². The first-order valence-electron chi connectivity index (χ1n) is 10.2. The van der Waals surface area contributed by atoms with Crippen LogP contribution in [0.3, 0.4) is 0 Å². The van der Waals surface area contributed by atoms with Gasteiger partial charge >= 0.3 is 0 Å². The third kappa shape index (κ3) is 4.55. The molecule has 1 unspecified atom stereocenters. The number of hydrogen-bond acceptors (Lipinski definition) is 3. The first-order valence-corrected chi connectivity index (χ1v) is 11.1. The molecule has 5 heteroatoms. The molecule has 0 spiro atoms. The number of hydrogen-bond donors (Lipinski definition) is 0. The second-order valence-corrected chi connectivity index (χ2v) is 10.8. The molecule has 2 amide bonds. The van der Waals surface area contributed by atoms with Gasteiger partial charge in [-0.15, -0.1) is 11.3 Å². The molecule has 0 aliphatic carbocycles. The van der Waals surface area contributed by atoms with E-state index < -0.39 is 11.0 Å². The Bertz CT molecular complexity index is 874. The molecule has 156 valence electrons. The molecule has 0 fully saturated rings. The van der Waals surface area contributed by atoms with E-state index in [-0.39, 0.29) is 24.4 Å². The summed E-state index contributed by atoms with van der Waals surface area (Å²) in [6, 6.07) is 12.2. The van der Waals surface area contributed by atoms with Crippen LogP contribution in [0.5, 0.6) is 0 Å². The van der Waals surface area contributed by atoms with E-state index in [4.69, 9.17) is 0 Å². The molecule has 0 radical (unpaired) electrons. The molecule has 0 N–H and O–H groups in total. The van der Waals surface area contributed by atoms with Crippen LogP contribution in [-0.4, -0.2) is 40.2 Å². The maximum atomic E-state index is 13.5. The summed E-state index contributed by atoms with van der Waals surface area (Å²) in [4.78, 5) is 31.7. The Morgan fingerprint density at radius 2 is 1.72 bits per heavy atom. The number of thiophene rings is 1. The fourth-order valence-electron chi connectivity index (χ4n) is 3.82. The van der Waals surface area contributed by atoms with Crippen molar-refractivity contribution in [1.29, 1.82) is 0 Å². The van der Waals surface area contributed by atoms with E-state index in [1.807, 2.05) is 64.6 Å². The van der Waals surface area contributed by atoms with Gasteiger partial charge in [0.25, 0.3) is 0 Å². The number of carbonyl (C=O) groups is 2. The molecule has 4 nitrogen and oxygen atoms in total. The lowest BCUT2D eigenvalue weighted by Gasteiger charge is -2.42. The van der Waals surface area contributed by atoms with E-state index in [1.165, 1.54) is 10.4 Å². The van der Waals surface area contributed by atoms with Gasteiger partial charge in [-0.1, -0.05) is 51.1 Å². The van der Waals surface area contributed by atoms with Crippen molar-refractivity contribution in [3.05, 3.63) is 57.8 Å². The number of carbonyl (C=O) groups excluding carboxylic acids is 2. The summed E-state index contributed by atoms with van der Waals surface area (Å²) < 4.78 is 0. The zero-order valence-electron chi connectivity index (χ0n) is 18.4. The number of amides is 2. The molecule has 1 aromatic heterocycles. The van der Waals surface area contributed by atoms with Gasteiger partial charge in [0, 0.05) is 22.4 Å². The van der Waals surface area contributed by atoms with E-state index in [1.54, 1.807) is 16.2 Å². The molecule has 0 saturated carbocycles. The van der Waals surface area contributed by atoms with Crippen molar-refractivity contribution in [2.45, 2.75) is 59.5 Å². The predicted octanol–water partition coefficient (Wildman–Crippen LogP) is 4.90. The zero-order chi connectivity index (χ0) is 21.4. The minimum absolute atomic E-state index is 0.00263. The number of fused-ring (bicyclic) bond motifs is 1. The highest BCUT2D eigenvalue weighted by Gasteiger charge is 2.38. The van der Waals surface area contributed by atoms with Gasteiger partial charge in [-0.25, -0.2) is 0 Å². The highest BCUT2D eigenvalue weighted by molar-refractivity contribution is 7.10. The molecule has 2 heterocycles. The van der Waals surface area contributed by atoms with Crippen LogP contribution in [0.25, 0.3) is 0 Å². The highest BCUT2D eigenvalue weighted by Crippen LogP contribution is 2.38. The van der Waals surface area contributed by atoms with Gasteiger partial charge in [-0.05, 0) is 49.8 Å². The summed E-state index contributed by atoms with van der Waals surface area (Å²) in [7, 11) is 0. The first-order chi connectivity index (χ1) is 13.5. The van der Waals surface area contributed by atoms with Crippen molar-refractivity contribution in [2.24, 2.45) is 5.41 Å².